The zero-order valence-electron chi connectivity index (χ0n) is 21.0. The van der Waals surface area contributed by atoms with Gasteiger partial charge in [0, 0.05) is 11.7 Å². The number of fused-ring (bicyclic) bond motifs is 1. The lowest BCUT2D eigenvalue weighted by molar-refractivity contribution is -0.119. The van der Waals surface area contributed by atoms with Gasteiger partial charge in [-0.1, -0.05) is 33.1 Å². The molecule has 1 aliphatic carbocycles. The quantitative estimate of drug-likeness (QED) is 0.420. The molecule has 0 unspecified atom stereocenters. The lowest BCUT2D eigenvalue weighted by Gasteiger charge is -2.29. The fraction of sp³-hybridized carbons (Fsp3) is 0.393. The second-order valence-corrected chi connectivity index (χ2v) is 9.73. The number of esters is 2. The summed E-state index contributed by atoms with van der Waals surface area (Å²) >= 11 is 0. The van der Waals surface area contributed by atoms with Crippen LogP contribution >= 0.6 is 0 Å². The molecule has 194 valence electrons. The highest BCUT2D eigenvalue weighted by Gasteiger charge is 2.40. The van der Waals surface area contributed by atoms with E-state index < -0.39 is 30.4 Å². The van der Waals surface area contributed by atoms with Crippen LogP contribution in [0.2, 0.25) is 0 Å². The SMILES string of the molecule is CC(C)COC(=O)c1ccc(NC(=O)COC(=O)c2ccc3c(c2)C(=O)N(C2CCCCC2)C3=O)cc1. The van der Waals surface area contributed by atoms with Gasteiger partial charge in [0.15, 0.2) is 6.61 Å². The van der Waals surface area contributed by atoms with Gasteiger partial charge >= 0.3 is 11.9 Å². The van der Waals surface area contributed by atoms with Crippen molar-refractivity contribution in [1.82, 2.24) is 4.90 Å². The Balaban J connectivity index is 1.31. The number of amides is 3. The molecule has 0 radical (unpaired) electrons. The molecule has 2 aromatic rings. The predicted molar refractivity (Wildman–Crippen MR) is 134 cm³/mol. The Morgan fingerprint density at radius 1 is 0.865 bits per heavy atom. The van der Waals surface area contributed by atoms with Gasteiger partial charge in [-0.15, -0.1) is 0 Å². The number of carbonyl (C=O) groups excluding carboxylic acids is 5. The molecule has 37 heavy (non-hydrogen) atoms. The van der Waals surface area contributed by atoms with Crippen molar-refractivity contribution in [3.8, 4) is 0 Å². The van der Waals surface area contributed by atoms with Crippen molar-refractivity contribution in [2.24, 2.45) is 5.92 Å². The highest BCUT2D eigenvalue weighted by molar-refractivity contribution is 6.22. The zero-order chi connectivity index (χ0) is 26.5. The Morgan fingerprint density at radius 2 is 1.49 bits per heavy atom. The number of nitrogens with zero attached hydrogens (tertiary/aromatic N) is 1. The Morgan fingerprint density at radius 3 is 2.16 bits per heavy atom. The van der Waals surface area contributed by atoms with E-state index in [4.69, 9.17) is 9.47 Å². The van der Waals surface area contributed by atoms with Crippen LogP contribution in [0.25, 0.3) is 0 Å². The van der Waals surface area contributed by atoms with Gasteiger partial charge in [0.1, 0.15) is 0 Å². The Kier molecular flexibility index (Phi) is 8.01. The summed E-state index contributed by atoms with van der Waals surface area (Å²) in [6, 6.07) is 10.3. The zero-order valence-corrected chi connectivity index (χ0v) is 21.0. The van der Waals surface area contributed by atoms with Gasteiger partial charge in [-0.25, -0.2) is 9.59 Å². The van der Waals surface area contributed by atoms with Crippen molar-refractivity contribution >= 4 is 35.3 Å². The Labute approximate surface area is 215 Å². The second-order valence-electron chi connectivity index (χ2n) is 9.73. The average molecular weight is 507 g/mol. The number of anilines is 1. The van der Waals surface area contributed by atoms with E-state index in [-0.39, 0.29) is 34.6 Å². The molecule has 1 saturated carbocycles. The molecule has 1 aliphatic heterocycles. The molecule has 1 fully saturated rings. The van der Waals surface area contributed by atoms with Crippen molar-refractivity contribution in [3.63, 3.8) is 0 Å². The molecular formula is C28H30N2O7. The van der Waals surface area contributed by atoms with E-state index in [1.54, 1.807) is 12.1 Å². The molecule has 0 saturated heterocycles. The van der Waals surface area contributed by atoms with E-state index in [1.807, 2.05) is 13.8 Å². The minimum absolute atomic E-state index is 0.0856. The van der Waals surface area contributed by atoms with Crippen molar-refractivity contribution in [2.75, 3.05) is 18.5 Å². The van der Waals surface area contributed by atoms with E-state index in [9.17, 15) is 24.0 Å². The van der Waals surface area contributed by atoms with E-state index >= 15 is 0 Å². The normalized spacial score (nSPS) is 15.5. The van der Waals surface area contributed by atoms with Crippen molar-refractivity contribution in [1.29, 1.82) is 0 Å². The van der Waals surface area contributed by atoms with Gasteiger partial charge in [-0.2, -0.15) is 0 Å². The topological polar surface area (TPSA) is 119 Å². The van der Waals surface area contributed by atoms with Gasteiger partial charge in [0.25, 0.3) is 17.7 Å². The van der Waals surface area contributed by atoms with Gasteiger partial charge in [0.05, 0.1) is 28.9 Å². The molecule has 2 aliphatic rings. The lowest BCUT2D eigenvalue weighted by Crippen LogP contribution is -2.40. The fourth-order valence-electron chi connectivity index (χ4n) is 4.48. The highest BCUT2D eigenvalue weighted by Crippen LogP contribution is 2.31. The fourth-order valence-corrected chi connectivity index (χ4v) is 4.48. The van der Waals surface area contributed by atoms with Crippen molar-refractivity contribution in [3.05, 3.63) is 64.7 Å². The van der Waals surface area contributed by atoms with E-state index in [2.05, 4.69) is 5.32 Å². The van der Waals surface area contributed by atoms with E-state index in [0.29, 0.717) is 17.9 Å². The summed E-state index contributed by atoms with van der Waals surface area (Å²) < 4.78 is 10.3. The molecule has 9 nitrogen and oxygen atoms in total. The maximum atomic E-state index is 12.9. The first-order chi connectivity index (χ1) is 17.7. The van der Waals surface area contributed by atoms with Gasteiger partial charge in [-0.3, -0.25) is 19.3 Å². The van der Waals surface area contributed by atoms with E-state index in [0.717, 1.165) is 32.1 Å². The first-order valence-corrected chi connectivity index (χ1v) is 12.5. The molecule has 0 aromatic heterocycles. The third-order valence-electron chi connectivity index (χ3n) is 6.38. The first kappa shape index (κ1) is 26.1. The molecule has 1 N–H and O–H groups in total. The summed E-state index contributed by atoms with van der Waals surface area (Å²) in [7, 11) is 0. The van der Waals surface area contributed by atoms with Crippen LogP contribution in [-0.2, 0) is 14.3 Å². The molecule has 3 amide bonds. The Bertz CT molecular complexity index is 1210. The smallest absolute Gasteiger partial charge is 0.338 e. The van der Waals surface area contributed by atoms with Crippen LogP contribution in [0.3, 0.4) is 0 Å². The van der Waals surface area contributed by atoms with Gasteiger partial charge in [0.2, 0.25) is 0 Å². The number of hydrogen-bond donors (Lipinski definition) is 1. The molecule has 0 atom stereocenters. The number of carbonyl (C=O) groups is 5. The minimum atomic E-state index is -0.780. The summed E-state index contributed by atoms with van der Waals surface area (Å²) in [4.78, 5) is 63.9. The molecule has 9 heteroatoms. The summed E-state index contributed by atoms with van der Waals surface area (Å²) in [6.07, 6.45) is 4.64. The number of rotatable bonds is 8. The van der Waals surface area contributed by atoms with E-state index in [1.165, 1.54) is 35.2 Å². The lowest BCUT2D eigenvalue weighted by atomic mass is 9.94. The minimum Gasteiger partial charge on any atom is -0.462 e. The largest absolute Gasteiger partial charge is 0.462 e. The third kappa shape index (κ3) is 6.04. The van der Waals surface area contributed by atoms with Crippen molar-refractivity contribution in [2.45, 2.75) is 52.0 Å². The van der Waals surface area contributed by atoms with Crippen LogP contribution in [0.1, 0.15) is 87.4 Å². The summed E-state index contributed by atoms with van der Waals surface area (Å²) in [5.41, 5.74) is 1.33. The van der Waals surface area contributed by atoms with Crippen LogP contribution in [-0.4, -0.2) is 53.8 Å². The molecule has 0 bridgehead atoms. The van der Waals surface area contributed by atoms with Crippen molar-refractivity contribution < 1.29 is 33.4 Å². The average Bonchev–Trinajstić information content (AvgIpc) is 3.15. The highest BCUT2D eigenvalue weighted by atomic mass is 16.5. The maximum Gasteiger partial charge on any atom is 0.338 e. The standard InChI is InChI=1S/C28H30N2O7/c1-17(2)15-36-27(34)18-8-11-20(12-9-18)29-24(31)16-37-28(35)19-10-13-22-23(14-19)26(33)30(25(22)32)21-6-4-3-5-7-21/h8-14,17,21H,3-7,15-16H2,1-2H3,(H,29,31). The van der Waals surface area contributed by atoms with Crippen LogP contribution in [0.15, 0.2) is 42.5 Å². The van der Waals surface area contributed by atoms with Crippen LogP contribution in [0.4, 0.5) is 5.69 Å². The summed E-state index contributed by atoms with van der Waals surface area (Å²) in [5.74, 6) is -2.30. The second kappa shape index (κ2) is 11.4. The molecule has 2 aromatic carbocycles. The number of ether oxygens (including phenoxy) is 2. The van der Waals surface area contributed by atoms with Crippen LogP contribution < -0.4 is 5.32 Å². The molecule has 4 rings (SSSR count). The number of imide groups is 1. The molecule has 0 spiro atoms. The first-order valence-electron chi connectivity index (χ1n) is 12.5. The maximum absolute atomic E-state index is 12.9. The third-order valence-corrected chi connectivity index (χ3v) is 6.38. The summed E-state index contributed by atoms with van der Waals surface area (Å²) in [6.45, 7) is 3.65. The predicted octanol–water partition coefficient (Wildman–Crippen LogP) is 4.22. The van der Waals surface area contributed by atoms with Gasteiger partial charge in [-0.05, 0) is 61.2 Å². The Hall–Kier alpha value is -4.01. The van der Waals surface area contributed by atoms with Crippen LogP contribution in [0, 0.1) is 5.92 Å². The molecule has 1 heterocycles. The number of benzene rings is 2. The number of nitrogens with one attached hydrogen (secondary N) is 1. The molecular weight excluding hydrogens is 476 g/mol. The number of hydrogen-bond acceptors (Lipinski definition) is 7. The van der Waals surface area contributed by atoms with Crippen LogP contribution in [0.5, 0.6) is 0 Å². The van der Waals surface area contributed by atoms with Gasteiger partial charge < -0.3 is 14.8 Å². The monoisotopic (exact) mass is 506 g/mol. The summed E-state index contributed by atoms with van der Waals surface area (Å²) in [5, 5.41) is 2.59.